The predicted octanol–water partition coefficient (Wildman–Crippen LogP) is 1.94. The largest absolute Gasteiger partial charge is 0.353 e. The van der Waals surface area contributed by atoms with E-state index in [1.807, 2.05) is 0 Å². The third kappa shape index (κ3) is 3.40. The van der Waals surface area contributed by atoms with Crippen LogP contribution in [0.5, 0.6) is 0 Å². The maximum absolute atomic E-state index is 12.0. The van der Waals surface area contributed by atoms with E-state index < -0.39 is 0 Å². The highest BCUT2D eigenvalue weighted by atomic mass is 16.2. The minimum Gasteiger partial charge on any atom is -0.353 e. The Kier molecular flexibility index (Phi) is 4.44. The van der Waals surface area contributed by atoms with Gasteiger partial charge in [-0.05, 0) is 62.2 Å². The van der Waals surface area contributed by atoms with Gasteiger partial charge < -0.3 is 15.1 Å². The molecule has 134 valence electrons. The molecule has 24 heavy (non-hydrogen) atoms. The van der Waals surface area contributed by atoms with Crippen molar-refractivity contribution in [2.45, 2.75) is 51.0 Å². The number of nitrogens with one attached hydrogen (secondary N) is 1. The molecule has 0 aromatic rings. The second kappa shape index (κ2) is 6.57. The highest BCUT2D eigenvalue weighted by Gasteiger charge is 2.41. The fraction of sp³-hybridized carbons (Fsp3) is 0.895. The van der Waals surface area contributed by atoms with Crippen LogP contribution in [-0.2, 0) is 4.79 Å². The van der Waals surface area contributed by atoms with Gasteiger partial charge in [0.05, 0.1) is 0 Å². The van der Waals surface area contributed by atoms with E-state index in [1.165, 1.54) is 44.9 Å². The van der Waals surface area contributed by atoms with Crippen LogP contribution in [0.3, 0.4) is 0 Å². The average Bonchev–Trinajstić information content (AvgIpc) is 2.99. The smallest absolute Gasteiger partial charge is 0.243 e. The molecule has 0 radical (unpaired) electrons. The minimum absolute atomic E-state index is 0.0835. The van der Waals surface area contributed by atoms with Crippen molar-refractivity contribution < 1.29 is 4.79 Å². The van der Waals surface area contributed by atoms with Gasteiger partial charge in [0.15, 0.2) is 5.96 Å². The van der Waals surface area contributed by atoms with Crippen molar-refractivity contribution in [1.82, 2.24) is 15.1 Å². The topological polar surface area (TPSA) is 47.9 Å². The van der Waals surface area contributed by atoms with Crippen LogP contribution in [0.15, 0.2) is 4.99 Å². The van der Waals surface area contributed by atoms with Gasteiger partial charge in [-0.25, -0.2) is 4.99 Å². The maximum Gasteiger partial charge on any atom is 0.243 e. The number of hydrogen-bond acceptors (Lipinski definition) is 2. The van der Waals surface area contributed by atoms with Gasteiger partial charge in [-0.15, -0.1) is 0 Å². The molecule has 3 saturated carbocycles. The van der Waals surface area contributed by atoms with Crippen LogP contribution >= 0.6 is 0 Å². The summed E-state index contributed by atoms with van der Waals surface area (Å²) in [5.74, 6) is 4.65. The quantitative estimate of drug-likeness (QED) is 0.632. The van der Waals surface area contributed by atoms with E-state index in [0.29, 0.717) is 6.04 Å². The van der Waals surface area contributed by atoms with E-state index in [0.717, 1.165) is 42.7 Å². The molecule has 5 nitrogen and oxygen atoms in total. The minimum atomic E-state index is 0.0835. The van der Waals surface area contributed by atoms with Crippen molar-refractivity contribution in [1.29, 1.82) is 0 Å². The van der Waals surface area contributed by atoms with E-state index in [2.05, 4.69) is 10.2 Å². The lowest BCUT2D eigenvalue weighted by molar-refractivity contribution is -0.127. The van der Waals surface area contributed by atoms with Crippen molar-refractivity contribution in [2.75, 3.05) is 33.7 Å². The summed E-state index contributed by atoms with van der Waals surface area (Å²) in [5, 5.41) is 3.77. The molecule has 4 atom stereocenters. The molecule has 5 heteroatoms. The Labute approximate surface area is 145 Å². The SMILES string of the molecule is CN(C)C(=O)CN=C(NC1CC2CCC1C2)N1CCC(C2CC2)C1. The van der Waals surface area contributed by atoms with Crippen LogP contribution < -0.4 is 5.32 Å². The fourth-order valence-electron chi connectivity index (χ4n) is 5.04. The van der Waals surface area contributed by atoms with Gasteiger partial charge >= 0.3 is 0 Å². The summed E-state index contributed by atoms with van der Waals surface area (Å²) in [6.07, 6.45) is 9.62. The highest BCUT2D eigenvalue weighted by molar-refractivity contribution is 5.85. The summed E-state index contributed by atoms with van der Waals surface area (Å²) < 4.78 is 0. The van der Waals surface area contributed by atoms with Gasteiger partial charge in [0.25, 0.3) is 0 Å². The zero-order valence-electron chi connectivity index (χ0n) is 15.2. The summed E-state index contributed by atoms with van der Waals surface area (Å²) >= 11 is 0. The van der Waals surface area contributed by atoms with Crippen LogP contribution in [0, 0.1) is 23.7 Å². The zero-order chi connectivity index (χ0) is 16.7. The number of aliphatic imine (C=N–C) groups is 1. The number of guanidine groups is 1. The van der Waals surface area contributed by atoms with Gasteiger partial charge in [-0.1, -0.05) is 6.42 Å². The molecule has 1 N–H and O–H groups in total. The number of fused-ring (bicyclic) bond motifs is 2. The van der Waals surface area contributed by atoms with Crippen LogP contribution in [0.4, 0.5) is 0 Å². The Morgan fingerprint density at radius 1 is 1.08 bits per heavy atom. The van der Waals surface area contributed by atoms with E-state index in [9.17, 15) is 4.79 Å². The van der Waals surface area contributed by atoms with Gasteiger partial charge in [0.2, 0.25) is 5.91 Å². The number of likely N-dealkylation sites (tertiary alicyclic amines) is 1. The first-order chi connectivity index (χ1) is 11.6. The first-order valence-corrected chi connectivity index (χ1v) is 9.86. The molecule has 1 heterocycles. The van der Waals surface area contributed by atoms with Gasteiger partial charge in [-0.2, -0.15) is 0 Å². The van der Waals surface area contributed by atoms with Crippen LogP contribution in [0.25, 0.3) is 0 Å². The summed E-state index contributed by atoms with van der Waals surface area (Å²) in [6.45, 7) is 2.50. The standard InChI is InChI=1S/C19H32N4O/c1-22(2)18(24)11-20-19(21-17-10-13-3-4-15(17)9-13)23-8-7-16(12-23)14-5-6-14/h13-17H,3-12H2,1-2H3,(H,20,21). The highest BCUT2D eigenvalue weighted by Crippen LogP contribution is 2.45. The molecular formula is C19H32N4O. The van der Waals surface area contributed by atoms with Crippen molar-refractivity contribution in [3.63, 3.8) is 0 Å². The summed E-state index contributed by atoms with van der Waals surface area (Å²) in [5.41, 5.74) is 0. The van der Waals surface area contributed by atoms with Gasteiger partial charge in [-0.3, -0.25) is 4.79 Å². The lowest BCUT2D eigenvalue weighted by Crippen LogP contribution is -2.47. The fourth-order valence-corrected chi connectivity index (χ4v) is 5.04. The van der Waals surface area contributed by atoms with Crippen molar-refractivity contribution in [3.05, 3.63) is 0 Å². The molecule has 1 saturated heterocycles. The molecule has 4 rings (SSSR count). The number of rotatable bonds is 4. The Balaban J connectivity index is 1.42. The summed E-state index contributed by atoms with van der Waals surface area (Å²) in [7, 11) is 3.61. The maximum atomic E-state index is 12.0. The first-order valence-electron chi connectivity index (χ1n) is 9.86. The number of hydrogen-bond donors (Lipinski definition) is 1. The van der Waals surface area contributed by atoms with E-state index in [1.54, 1.807) is 19.0 Å². The van der Waals surface area contributed by atoms with Crippen molar-refractivity contribution in [3.8, 4) is 0 Å². The third-order valence-electron chi connectivity index (χ3n) is 6.73. The second-order valence-electron chi connectivity index (χ2n) is 8.69. The summed E-state index contributed by atoms with van der Waals surface area (Å²) in [6, 6.07) is 0.580. The second-order valence-corrected chi connectivity index (χ2v) is 8.69. The Hall–Kier alpha value is -1.26. The molecule has 3 aliphatic carbocycles. The van der Waals surface area contributed by atoms with Crippen LogP contribution in [-0.4, -0.2) is 61.4 Å². The van der Waals surface area contributed by atoms with E-state index in [4.69, 9.17) is 4.99 Å². The predicted molar refractivity (Wildman–Crippen MR) is 95.8 cm³/mol. The molecule has 1 amide bonds. The monoisotopic (exact) mass is 332 g/mol. The number of amides is 1. The van der Waals surface area contributed by atoms with Gasteiger partial charge in [0, 0.05) is 33.2 Å². The van der Waals surface area contributed by atoms with Crippen LogP contribution in [0.2, 0.25) is 0 Å². The molecule has 4 fully saturated rings. The zero-order valence-corrected chi connectivity index (χ0v) is 15.2. The molecular weight excluding hydrogens is 300 g/mol. The van der Waals surface area contributed by atoms with E-state index in [-0.39, 0.29) is 12.5 Å². The number of likely N-dealkylation sites (N-methyl/N-ethyl adjacent to an activating group) is 1. The van der Waals surface area contributed by atoms with Gasteiger partial charge in [0.1, 0.15) is 6.54 Å². The van der Waals surface area contributed by atoms with E-state index >= 15 is 0 Å². The Bertz CT molecular complexity index is 513. The molecule has 1 aliphatic heterocycles. The molecule has 4 aliphatic rings. The number of carbonyl (C=O) groups is 1. The van der Waals surface area contributed by atoms with Crippen molar-refractivity contribution >= 4 is 11.9 Å². The lowest BCUT2D eigenvalue weighted by Gasteiger charge is -2.29. The summed E-state index contributed by atoms with van der Waals surface area (Å²) in [4.78, 5) is 20.8. The molecule has 4 unspecified atom stereocenters. The molecule has 0 aromatic heterocycles. The molecule has 0 spiro atoms. The normalized spacial score (nSPS) is 35.6. The number of carbonyl (C=O) groups excluding carboxylic acids is 1. The lowest BCUT2D eigenvalue weighted by atomic mass is 9.95. The molecule has 0 aromatic carbocycles. The third-order valence-corrected chi connectivity index (χ3v) is 6.73. The average molecular weight is 332 g/mol. The van der Waals surface area contributed by atoms with Crippen LogP contribution in [0.1, 0.15) is 44.9 Å². The van der Waals surface area contributed by atoms with Crippen molar-refractivity contribution in [2.24, 2.45) is 28.7 Å². The number of nitrogens with zero attached hydrogens (tertiary/aromatic N) is 3. The first kappa shape index (κ1) is 16.2. The Morgan fingerprint density at radius 2 is 1.88 bits per heavy atom. The molecule has 2 bridgehead atoms. The Morgan fingerprint density at radius 3 is 2.50 bits per heavy atom.